The van der Waals surface area contributed by atoms with Crippen LogP contribution in [0, 0.1) is 0 Å². The van der Waals surface area contributed by atoms with Crippen molar-refractivity contribution in [1.29, 1.82) is 0 Å². The molecule has 0 fully saturated rings. The lowest BCUT2D eigenvalue weighted by Gasteiger charge is -2.07. The highest BCUT2D eigenvalue weighted by Crippen LogP contribution is 2.32. The van der Waals surface area contributed by atoms with Gasteiger partial charge in [0.2, 0.25) is 11.7 Å². The molecule has 0 aliphatic rings. The zero-order valence-corrected chi connectivity index (χ0v) is 12.7. The number of halogens is 1. The number of aromatic amines is 1. The van der Waals surface area contributed by atoms with Crippen molar-refractivity contribution in [3.8, 4) is 11.6 Å². The van der Waals surface area contributed by atoms with E-state index in [1.54, 1.807) is 11.8 Å². The number of aromatic nitrogens is 5. The first-order valence-corrected chi connectivity index (χ1v) is 7.71. The summed E-state index contributed by atoms with van der Waals surface area (Å²) in [6, 6.07) is 7.79. The first-order valence-electron chi connectivity index (χ1n) is 6.28. The fraction of sp³-hybridized carbons (Fsp3) is 0.231. The third-order valence-electron chi connectivity index (χ3n) is 2.86. The summed E-state index contributed by atoms with van der Waals surface area (Å²) in [5.74, 6) is 2.24. The van der Waals surface area contributed by atoms with Gasteiger partial charge in [0.05, 0.1) is 5.25 Å². The highest BCUT2D eigenvalue weighted by molar-refractivity contribution is 7.98. The van der Waals surface area contributed by atoms with Gasteiger partial charge in [0.1, 0.15) is 6.33 Å². The Bertz CT molecular complexity index is 715. The van der Waals surface area contributed by atoms with E-state index in [2.05, 4.69) is 25.3 Å². The molecule has 3 rings (SSSR count). The molecule has 0 saturated heterocycles. The topological polar surface area (TPSA) is 80.5 Å². The number of benzene rings is 1. The third-order valence-corrected chi connectivity index (χ3v) is 4.41. The molecule has 0 spiro atoms. The highest BCUT2D eigenvalue weighted by Gasteiger charge is 2.17. The minimum absolute atomic E-state index is 0.0606. The van der Waals surface area contributed by atoms with Crippen LogP contribution < -0.4 is 0 Å². The van der Waals surface area contributed by atoms with Gasteiger partial charge in [-0.1, -0.05) is 35.0 Å². The Morgan fingerprint density at radius 2 is 2.24 bits per heavy atom. The van der Waals surface area contributed by atoms with E-state index in [0.717, 1.165) is 16.3 Å². The fourth-order valence-corrected chi connectivity index (χ4v) is 2.91. The highest BCUT2D eigenvalue weighted by atomic mass is 35.5. The average Bonchev–Trinajstić information content (AvgIpc) is 3.16. The number of nitrogens with one attached hydrogen (secondary N) is 1. The molecule has 0 amide bonds. The molecule has 108 valence electrons. The van der Waals surface area contributed by atoms with Crippen molar-refractivity contribution in [2.45, 2.75) is 17.9 Å². The maximum atomic E-state index is 6.14. The standard InChI is InChI=1S/C13H12ClN5OS/c1-8(21-6-9-4-2-3-5-10(9)14)13-17-12(19-20-13)11-15-7-16-18-11/h2-5,7-8H,6H2,1H3,(H,15,16,18)/t8-/m0/s1. The minimum Gasteiger partial charge on any atom is -0.338 e. The molecule has 0 aliphatic heterocycles. The molecule has 2 aromatic heterocycles. The molecular weight excluding hydrogens is 310 g/mol. The monoisotopic (exact) mass is 321 g/mol. The van der Waals surface area contributed by atoms with Crippen LogP contribution >= 0.6 is 23.4 Å². The second-order valence-electron chi connectivity index (χ2n) is 4.33. The zero-order valence-electron chi connectivity index (χ0n) is 11.2. The van der Waals surface area contributed by atoms with Crippen molar-refractivity contribution in [1.82, 2.24) is 25.3 Å². The van der Waals surface area contributed by atoms with E-state index >= 15 is 0 Å². The second kappa shape index (κ2) is 6.28. The molecule has 3 aromatic rings. The maximum Gasteiger partial charge on any atom is 0.239 e. The minimum atomic E-state index is 0.0606. The molecule has 0 bridgehead atoms. The van der Waals surface area contributed by atoms with E-state index in [0.29, 0.717) is 17.5 Å². The van der Waals surface area contributed by atoms with Crippen molar-refractivity contribution >= 4 is 23.4 Å². The van der Waals surface area contributed by atoms with E-state index in [1.165, 1.54) is 6.33 Å². The number of hydrogen-bond donors (Lipinski definition) is 1. The van der Waals surface area contributed by atoms with Gasteiger partial charge in [-0.2, -0.15) is 10.1 Å². The smallest absolute Gasteiger partial charge is 0.239 e. The van der Waals surface area contributed by atoms with Crippen LogP contribution in [-0.4, -0.2) is 25.3 Å². The summed E-state index contributed by atoms with van der Waals surface area (Å²) < 4.78 is 5.27. The predicted octanol–water partition coefficient (Wildman–Crippen LogP) is 3.50. The number of thioether (sulfide) groups is 1. The molecule has 8 heteroatoms. The van der Waals surface area contributed by atoms with Crippen LogP contribution in [0.4, 0.5) is 0 Å². The lowest BCUT2D eigenvalue weighted by Crippen LogP contribution is -1.91. The Morgan fingerprint density at radius 3 is 3.00 bits per heavy atom. The molecule has 6 nitrogen and oxygen atoms in total. The normalized spacial score (nSPS) is 12.5. The summed E-state index contributed by atoms with van der Waals surface area (Å²) in [6.45, 7) is 2.01. The molecule has 1 aromatic carbocycles. The predicted molar refractivity (Wildman–Crippen MR) is 80.8 cm³/mol. The van der Waals surface area contributed by atoms with E-state index in [-0.39, 0.29) is 5.25 Å². The van der Waals surface area contributed by atoms with Crippen LogP contribution in [0.3, 0.4) is 0 Å². The molecule has 1 atom stereocenters. The van der Waals surface area contributed by atoms with Gasteiger partial charge in [-0.15, -0.1) is 11.8 Å². The van der Waals surface area contributed by atoms with Crippen LogP contribution in [-0.2, 0) is 5.75 Å². The SMILES string of the molecule is C[C@H](SCc1ccccc1Cl)c1nc(-c2ncn[nH]2)no1. The molecule has 0 aliphatic carbocycles. The fourth-order valence-electron chi connectivity index (χ4n) is 1.71. The summed E-state index contributed by atoms with van der Waals surface area (Å²) in [6.07, 6.45) is 1.40. The number of rotatable bonds is 5. The van der Waals surface area contributed by atoms with Crippen LogP contribution in [0.2, 0.25) is 5.02 Å². The van der Waals surface area contributed by atoms with E-state index in [9.17, 15) is 0 Å². The van der Waals surface area contributed by atoms with E-state index in [4.69, 9.17) is 16.1 Å². The lowest BCUT2D eigenvalue weighted by atomic mass is 10.2. The third kappa shape index (κ3) is 3.25. The molecule has 2 heterocycles. The van der Waals surface area contributed by atoms with Gasteiger partial charge in [-0.25, -0.2) is 4.98 Å². The Hall–Kier alpha value is -1.86. The molecule has 0 saturated carbocycles. The number of hydrogen-bond acceptors (Lipinski definition) is 6. The van der Waals surface area contributed by atoms with Gasteiger partial charge in [0.15, 0.2) is 5.82 Å². The average molecular weight is 322 g/mol. The largest absolute Gasteiger partial charge is 0.338 e. The van der Waals surface area contributed by atoms with Crippen LogP contribution in [0.1, 0.15) is 23.6 Å². The number of H-pyrrole nitrogens is 1. The van der Waals surface area contributed by atoms with Crippen LogP contribution in [0.5, 0.6) is 0 Å². The molecule has 1 N–H and O–H groups in total. The molecule has 0 radical (unpaired) electrons. The first-order chi connectivity index (χ1) is 10.2. The number of nitrogens with zero attached hydrogens (tertiary/aromatic N) is 4. The lowest BCUT2D eigenvalue weighted by molar-refractivity contribution is 0.380. The van der Waals surface area contributed by atoms with Gasteiger partial charge in [-0.3, -0.25) is 5.10 Å². The van der Waals surface area contributed by atoms with Gasteiger partial charge in [-0.05, 0) is 18.6 Å². The van der Waals surface area contributed by atoms with Crippen molar-refractivity contribution in [2.24, 2.45) is 0 Å². The maximum absolute atomic E-state index is 6.14. The van der Waals surface area contributed by atoms with Crippen molar-refractivity contribution in [3.05, 3.63) is 47.1 Å². The summed E-state index contributed by atoms with van der Waals surface area (Å²) in [5.41, 5.74) is 1.09. The van der Waals surface area contributed by atoms with Gasteiger partial charge in [0, 0.05) is 10.8 Å². The Kier molecular flexibility index (Phi) is 4.21. The summed E-state index contributed by atoms with van der Waals surface area (Å²) in [5, 5.41) is 11.2. The van der Waals surface area contributed by atoms with Crippen LogP contribution in [0.25, 0.3) is 11.6 Å². The summed E-state index contributed by atoms with van der Waals surface area (Å²) >= 11 is 7.82. The van der Waals surface area contributed by atoms with Gasteiger partial charge >= 0.3 is 0 Å². The van der Waals surface area contributed by atoms with E-state index in [1.807, 2.05) is 31.2 Å². The van der Waals surface area contributed by atoms with Crippen molar-refractivity contribution in [3.63, 3.8) is 0 Å². The van der Waals surface area contributed by atoms with E-state index < -0.39 is 0 Å². The van der Waals surface area contributed by atoms with Crippen LogP contribution in [0.15, 0.2) is 35.1 Å². The second-order valence-corrected chi connectivity index (χ2v) is 6.07. The van der Waals surface area contributed by atoms with Gasteiger partial charge < -0.3 is 4.52 Å². The quantitative estimate of drug-likeness (QED) is 0.774. The zero-order chi connectivity index (χ0) is 14.7. The van der Waals surface area contributed by atoms with Crippen molar-refractivity contribution < 1.29 is 4.52 Å². The van der Waals surface area contributed by atoms with Gasteiger partial charge in [0.25, 0.3) is 0 Å². The summed E-state index contributed by atoms with van der Waals surface area (Å²) in [4.78, 5) is 8.31. The summed E-state index contributed by atoms with van der Waals surface area (Å²) in [7, 11) is 0. The Balaban J connectivity index is 1.66. The molecular formula is C13H12ClN5OS. The first kappa shape index (κ1) is 14.1. The van der Waals surface area contributed by atoms with Crippen molar-refractivity contribution in [2.75, 3.05) is 0 Å². The molecule has 21 heavy (non-hydrogen) atoms. The Labute approximate surface area is 130 Å². The molecule has 0 unspecified atom stereocenters. The Morgan fingerprint density at radius 1 is 1.38 bits per heavy atom.